The lowest BCUT2D eigenvalue weighted by molar-refractivity contribution is 0.103. The van der Waals surface area contributed by atoms with E-state index >= 15 is 0 Å². The van der Waals surface area contributed by atoms with Crippen LogP contribution in [0.4, 0.5) is 5.69 Å². The van der Waals surface area contributed by atoms with Crippen molar-refractivity contribution in [2.75, 3.05) is 5.32 Å². The minimum absolute atomic E-state index is 0.272. The van der Waals surface area contributed by atoms with Gasteiger partial charge in [0, 0.05) is 5.69 Å². The van der Waals surface area contributed by atoms with Crippen molar-refractivity contribution in [3.05, 3.63) is 50.1 Å². The highest BCUT2D eigenvalue weighted by atomic mass is 32.1. The predicted molar refractivity (Wildman–Crippen MR) is 68.8 cm³/mol. The fraction of sp³-hybridized carbons (Fsp3) is 0.0833. The summed E-state index contributed by atoms with van der Waals surface area (Å²) in [5, 5.41) is 11.5. The lowest BCUT2D eigenvalue weighted by Crippen LogP contribution is -2.12. The molecule has 18 heavy (non-hydrogen) atoms. The number of aryl methyl sites for hydroxylation is 1. The van der Waals surface area contributed by atoms with Gasteiger partial charge in [-0.3, -0.25) is 9.59 Å². The number of nitrogens with zero attached hydrogens (tertiary/aromatic N) is 1. The van der Waals surface area contributed by atoms with E-state index in [0.29, 0.717) is 21.8 Å². The molecule has 1 aromatic carbocycles. The first-order valence-electron chi connectivity index (χ1n) is 5.12. The van der Waals surface area contributed by atoms with E-state index in [0.717, 1.165) is 11.3 Å². The van der Waals surface area contributed by atoms with Crippen LogP contribution in [0.2, 0.25) is 0 Å². The third kappa shape index (κ3) is 2.31. The number of carbonyl (C=O) groups is 1. The molecule has 0 aliphatic heterocycles. The van der Waals surface area contributed by atoms with Gasteiger partial charge in [-0.15, -0.1) is 0 Å². The Bertz CT molecular complexity index is 694. The molecule has 1 heterocycles. The fourth-order valence-electron chi connectivity index (χ4n) is 1.49. The van der Waals surface area contributed by atoms with Crippen LogP contribution in [0.3, 0.4) is 0 Å². The van der Waals surface area contributed by atoms with Gasteiger partial charge >= 0.3 is 4.87 Å². The van der Waals surface area contributed by atoms with Gasteiger partial charge in [-0.05, 0) is 19.1 Å². The molecule has 0 atom stereocenters. The topological polar surface area (TPSA) is 85.8 Å². The van der Waals surface area contributed by atoms with E-state index in [2.05, 4.69) is 10.3 Å². The number of anilines is 1. The number of aromatic amines is 1. The molecule has 0 saturated carbocycles. The number of hydrogen-bond donors (Lipinski definition) is 2. The Morgan fingerprint density at radius 1 is 1.44 bits per heavy atom. The molecule has 0 aliphatic carbocycles. The number of nitrogens with one attached hydrogen (secondary N) is 2. The van der Waals surface area contributed by atoms with Crippen LogP contribution < -0.4 is 10.2 Å². The summed E-state index contributed by atoms with van der Waals surface area (Å²) in [5.41, 5.74) is 1.34. The summed E-state index contributed by atoms with van der Waals surface area (Å²) < 4.78 is 0. The number of nitriles is 1. The highest BCUT2D eigenvalue weighted by Crippen LogP contribution is 2.16. The van der Waals surface area contributed by atoms with E-state index in [1.807, 2.05) is 6.07 Å². The zero-order chi connectivity index (χ0) is 13.1. The van der Waals surface area contributed by atoms with Crippen molar-refractivity contribution in [3.63, 3.8) is 0 Å². The summed E-state index contributed by atoms with van der Waals surface area (Å²) >= 11 is 0.849. The number of aromatic nitrogens is 1. The summed E-state index contributed by atoms with van der Waals surface area (Å²) in [4.78, 5) is 25.7. The van der Waals surface area contributed by atoms with Crippen LogP contribution in [0.25, 0.3) is 0 Å². The van der Waals surface area contributed by atoms with E-state index in [4.69, 9.17) is 5.26 Å². The van der Waals surface area contributed by atoms with Gasteiger partial charge in [-0.2, -0.15) is 5.26 Å². The maximum absolute atomic E-state index is 11.9. The largest absolute Gasteiger partial charge is 0.320 e. The molecule has 2 aromatic rings. The second kappa shape index (κ2) is 4.85. The average molecular weight is 259 g/mol. The molecule has 0 radical (unpaired) electrons. The molecular formula is C12H9N3O2S. The van der Waals surface area contributed by atoms with Gasteiger partial charge in [0.15, 0.2) is 0 Å². The SMILES string of the molecule is Cc1[nH]c(=O)sc1C(=O)Nc1ccccc1C#N. The molecule has 2 N–H and O–H groups in total. The quantitative estimate of drug-likeness (QED) is 0.863. The Hall–Kier alpha value is -2.39. The molecule has 0 spiro atoms. The molecule has 90 valence electrons. The van der Waals surface area contributed by atoms with Crippen molar-refractivity contribution in [2.45, 2.75) is 6.92 Å². The molecule has 2 rings (SSSR count). The van der Waals surface area contributed by atoms with Crippen molar-refractivity contribution in [2.24, 2.45) is 0 Å². The number of thiazole rings is 1. The number of carbonyl (C=O) groups excluding carboxylic acids is 1. The number of hydrogen-bond acceptors (Lipinski definition) is 4. The second-order valence-corrected chi connectivity index (χ2v) is 4.56. The number of benzene rings is 1. The number of rotatable bonds is 2. The Morgan fingerprint density at radius 3 is 2.78 bits per heavy atom. The maximum Gasteiger partial charge on any atom is 0.305 e. The molecule has 0 aliphatic rings. The number of H-pyrrole nitrogens is 1. The monoisotopic (exact) mass is 259 g/mol. The van der Waals surface area contributed by atoms with Crippen molar-refractivity contribution in [1.29, 1.82) is 5.26 Å². The highest BCUT2D eigenvalue weighted by molar-refractivity contribution is 7.11. The maximum atomic E-state index is 11.9. The molecular weight excluding hydrogens is 250 g/mol. The summed E-state index contributed by atoms with van der Waals surface area (Å²) in [6.45, 7) is 1.66. The van der Waals surface area contributed by atoms with Crippen LogP contribution in [-0.2, 0) is 0 Å². The van der Waals surface area contributed by atoms with Gasteiger partial charge in [0.2, 0.25) is 0 Å². The lowest BCUT2D eigenvalue weighted by atomic mass is 10.2. The van der Waals surface area contributed by atoms with E-state index in [1.165, 1.54) is 0 Å². The number of amides is 1. The van der Waals surface area contributed by atoms with Gasteiger partial charge in [0.25, 0.3) is 5.91 Å². The van der Waals surface area contributed by atoms with Crippen molar-refractivity contribution in [3.8, 4) is 6.07 Å². The van der Waals surface area contributed by atoms with Gasteiger partial charge in [-0.25, -0.2) is 0 Å². The van der Waals surface area contributed by atoms with Gasteiger partial charge in [0.1, 0.15) is 10.9 Å². The molecule has 1 aromatic heterocycles. The van der Waals surface area contributed by atoms with Crippen LogP contribution in [0, 0.1) is 18.3 Å². The average Bonchev–Trinajstić information content (AvgIpc) is 2.69. The summed E-state index contributed by atoms with van der Waals surface area (Å²) in [7, 11) is 0. The minimum Gasteiger partial charge on any atom is -0.320 e. The molecule has 0 unspecified atom stereocenters. The third-order valence-electron chi connectivity index (χ3n) is 2.33. The van der Waals surface area contributed by atoms with Crippen molar-refractivity contribution < 1.29 is 4.79 Å². The van der Waals surface area contributed by atoms with Crippen LogP contribution in [-0.4, -0.2) is 10.9 Å². The summed E-state index contributed by atoms with van der Waals surface area (Å²) in [6.07, 6.45) is 0. The second-order valence-electron chi connectivity index (χ2n) is 3.58. The third-order valence-corrected chi connectivity index (χ3v) is 3.31. The van der Waals surface area contributed by atoms with E-state index in [-0.39, 0.29) is 4.87 Å². The normalized spacial score (nSPS) is 9.78. The standard InChI is InChI=1S/C12H9N3O2S/c1-7-10(18-12(17)14-7)11(16)15-9-5-3-2-4-8(9)6-13/h2-5H,1H3,(H,14,17)(H,15,16). The zero-order valence-electron chi connectivity index (χ0n) is 9.48. The van der Waals surface area contributed by atoms with Crippen molar-refractivity contribution >= 4 is 22.9 Å². The zero-order valence-corrected chi connectivity index (χ0v) is 10.3. The summed E-state index contributed by atoms with van der Waals surface area (Å²) in [5.74, 6) is -0.390. The van der Waals surface area contributed by atoms with Crippen molar-refractivity contribution in [1.82, 2.24) is 4.98 Å². The van der Waals surface area contributed by atoms with E-state index in [1.54, 1.807) is 31.2 Å². The molecule has 5 nitrogen and oxygen atoms in total. The van der Waals surface area contributed by atoms with Crippen LogP contribution in [0.1, 0.15) is 20.9 Å². The Kier molecular flexibility index (Phi) is 3.26. The van der Waals surface area contributed by atoms with Crippen LogP contribution in [0.15, 0.2) is 29.1 Å². The first-order valence-corrected chi connectivity index (χ1v) is 5.93. The van der Waals surface area contributed by atoms with E-state index < -0.39 is 5.91 Å². The summed E-state index contributed by atoms with van der Waals surface area (Å²) in [6, 6.07) is 8.69. The fourth-order valence-corrected chi connectivity index (χ4v) is 2.23. The lowest BCUT2D eigenvalue weighted by Gasteiger charge is -2.05. The Morgan fingerprint density at radius 2 is 2.17 bits per heavy atom. The highest BCUT2D eigenvalue weighted by Gasteiger charge is 2.14. The van der Waals surface area contributed by atoms with E-state index in [9.17, 15) is 9.59 Å². The minimum atomic E-state index is -0.390. The molecule has 6 heteroatoms. The smallest absolute Gasteiger partial charge is 0.305 e. The number of para-hydroxylation sites is 1. The van der Waals surface area contributed by atoms with Crippen LogP contribution in [0.5, 0.6) is 0 Å². The first kappa shape index (κ1) is 12.1. The van der Waals surface area contributed by atoms with Gasteiger partial charge in [0.05, 0.1) is 11.3 Å². The predicted octanol–water partition coefficient (Wildman–Crippen LogP) is 1.87. The van der Waals surface area contributed by atoms with Gasteiger partial charge < -0.3 is 10.3 Å². The Labute approximate surface area is 107 Å². The molecule has 1 amide bonds. The Balaban J connectivity index is 2.30. The first-order chi connectivity index (χ1) is 8.61. The molecule has 0 saturated heterocycles. The van der Waals surface area contributed by atoms with Gasteiger partial charge in [-0.1, -0.05) is 23.5 Å². The molecule has 0 fully saturated rings. The van der Waals surface area contributed by atoms with Crippen LogP contribution >= 0.6 is 11.3 Å². The molecule has 0 bridgehead atoms.